The largest absolute Gasteiger partial charge is 0.381 e. The highest BCUT2D eigenvalue weighted by Gasteiger charge is 2.29. The summed E-state index contributed by atoms with van der Waals surface area (Å²) >= 11 is 0. The molecule has 4 nitrogen and oxygen atoms in total. The number of nitrogens with one attached hydrogen (secondary N) is 1. The third-order valence-corrected chi connectivity index (χ3v) is 2.95. The standard InChI is InChI=1S/C10H19NO3/c1-12-9-4-8(5-9)11-6-10-7-13-2-3-14-10/h8-11H,2-7H2,1H3. The predicted molar refractivity (Wildman–Crippen MR) is 52.4 cm³/mol. The second-order valence-electron chi connectivity index (χ2n) is 4.00. The number of hydrogen-bond acceptors (Lipinski definition) is 4. The van der Waals surface area contributed by atoms with E-state index in [0.29, 0.717) is 12.1 Å². The van der Waals surface area contributed by atoms with Crippen molar-refractivity contribution in [2.45, 2.75) is 31.1 Å². The molecule has 1 heterocycles. The van der Waals surface area contributed by atoms with Gasteiger partial charge in [-0.3, -0.25) is 0 Å². The zero-order valence-electron chi connectivity index (χ0n) is 8.70. The van der Waals surface area contributed by atoms with E-state index in [1.807, 2.05) is 0 Å². The summed E-state index contributed by atoms with van der Waals surface area (Å²) in [7, 11) is 1.78. The first-order valence-electron chi connectivity index (χ1n) is 5.34. The van der Waals surface area contributed by atoms with Gasteiger partial charge in [-0.25, -0.2) is 0 Å². The molecule has 1 saturated carbocycles. The Labute approximate surface area is 84.9 Å². The molecule has 4 heteroatoms. The Bertz CT molecular complexity index is 165. The molecule has 1 unspecified atom stereocenters. The van der Waals surface area contributed by atoms with Crippen LogP contribution in [0.5, 0.6) is 0 Å². The molecule has 0 radical (unpaired) electrons. The summed E-state index contributed by atoms with van der Waals surface area (Å²) in [6.45, 7) is 3.11. The van der Waals surface area contributed by atoms with Crippen LogP contribution in [0.3, 0.4) is 0 Å². The molecule has 0 aromatic rings. The monoisotopic (exact) mass is 201 g/mol. The zero-order chi connectivity index (χ0) is 9.80. The van der Waals surface area contributed by atoms with Crippen LogP contribution >= 0.6 is 0 Å². The van der Waals surface area contributed by atoms with Crippen LogP contribution in [0, 0.1) is 0 Å². The lowest BCUT2D eigenvalue weighted by molar-refractivity contribution is -0.0894. The molecule has 0 bridgehead atoms. The Morgan fingerprint density at radius 3 is 2.86 bits per heavy atom. The minimum absolute atomic E-state index is 0.241. The van der Waals surface area contributed by atoms with Gasteiger partial charge in [-0.05, 0) is 12.8 Å². The van der Waals surface area contributed by atoms with Gasteiger partial charge >= 0.3 is 0 Å². The maximum Gasteiger partial charge on any atom is 0.0933 e. The highest BCUT2D eigenvalue weighted by Crippen LogP contribution is 2.22. The van der Waals surface area contributed by atoms with E-state index >= 15 is 0 Å². The third-order valence-electron chi connectivity index (χ3n) is 2.95. The molecule has 0 amide bonds. The van der Waals surface area contributed by atoms with Crippen molar-refractivity contribution in [3.8, 4) is 0 Å². The van der Waals surface area contributed by atoms with Crippen LogP contribution in [0.1, 0.15) is 12.8 Å². The van der Waals surface area contributed by atoms with Crippen molar-refractivity contribution in [1.82, 2.24) is 5.32 Å². The lowest BCUT2D eigenvalue weighted by atomic mass is 9.89. The fourth-order valence-electron chi connectivity index (χ4n) is 1.88. The van der Waals surface area contributed by atoms with Gasteiger partial charge in [-0.15, -0.1) is 0 Å². The first-order valence-corrected chi connectivity index (χ1v) is 5.34. The SMILES string of the molecule is COC1CC(NCC2COCCO2)C1. The van der Waals surface area contributed by atoms with Crippen LogP contribution in [0.15, 0.2) is 0 Å². The van der Waals surface area contributed by atoms with Crippen molar-refractivity contribution >= 4 is 0 Å². The summed E-state index contributed by atoms with van der Waals surface area (Å²) in [5, 5.41) is 3.47. The lowest BCUT2D eigenvalue weighted by Gasteiger charge is -2.36. The van der Waals surface area contributed by atoms with Crippen LogP contribution in [0.25, 0.3) is 0 Å². The summed E-state index contributed by atoms with van der Waals surface area (Å²) in [5.74, 6) is 0. The highest BCUT2D eigenvalue weighted by molar-refractivity contribution is 4.86. The van der Waals surface area contributed by atoms with Gasteiger partial charge < -0.3 is 19.5 Å². The van der Waals surface area contributed by atoms with Crippen molar-refractivity contribution in [3.63, 3.8) is 0 Å². The van der Waals surface area contributed by atoms with Crippen molar-refractivity contribution in [2.24, 2.45) is 0 Å². The fraction of sp³-hybridized carbons (Fsp3) is 1.00. The van der Waals surface area contributed by atoms with E-state index in [0.717, 1.165) is 39.2 Å². The summed E-state index contributed by atoms with van der Waals surface area (Å²) in [4.78, 5) is 0. The lowest BCUT2D eigenvalue weighted by Crippen LogP contribution is -2.49. The Morgan fingerprint density at radius 1 is 1.36 bits per heavy atom. The number of rotatable bonds is 4. The summed E-state index contributed by atoms with van der Waals surface area (Å²) < 4.78 is 16.1. The molecule has 0 aromatic carbocycles. The molecule has 82 valence electrons. The van der Waals surface area contributed by atoms with Crippen LogP contribution in [0.4, 0.5) is 0 Å². The number of methoxy groups -OCH3 is 1. The smallest absolute Gasteiger partial charge is 0.0933 e. The van der Waals surface area contributed by atoms with E-state index in [1.165, 1.54) is 0 Å². The maximum atomic E-state index is 5.53. The number of hydrogen-bond donors (Lipinski definition) is 1. The zero-order valence-corrected chi connectivity index (χ0v) is 8.70. The molecule has 1 aliphatic heterocycles. The summed E-state index contributed by atoms with van der Waals surface area (Å²) in [5.41, 5.74) is 0. The van der Waals surface area contributed by atoms with E-state index in [9.17, 15) is 0 Å². The maximum absolute atomic E-state index is 5.53. The quantitative estimate of drug-likeness (QED) is 0.704. The van der Waals surface area contributed by atoms with Crippen LogP contribution in [-0.4, -0.2) is 51.7 Å². The Balaban J connectivity index is 1.54. The van der Waals surface area contributed by atoms with Gasteiger partial charge in [-0.2, -0.15) is 0 Å². The van der Waals surface area contributed by atoms with Gasteiger partial charge in [0.2, 0.25) is 0 Å². The van der Waals surface area contributed by atoms with E-state index in [2.05, 4.69) is 5.32 Å². The van der Waals surface area contributed by atoms with E-state index in [4.69, 9.17) is 14.2 Å². The first kappa shape index (κ1) is 10.4. The van der Waals surface area contributed by atoms with Crippen molar-refractivity contribution in [1.29, 1.82) is 0 Å². The molecule has 2 rings (SSSR count). The van der Waals surface area contributed by atoms with Gasteiger partial charge in [0.1, 0.15) is 0 Å². The van der Waals surface area contributed by atoms with Gasteiger partial charge in [0.15, 0.2) is 0 Å². The summed E-state index contributed by atoms with van der Waals surface area (Å²) in [6, 6.07) is 0.616. The molecular formula is C10H19NO3. The van der Waals surface area contributed by atoms with Crippen molar-refractivity contribution in [2.75, 3.05) is 33.5 Å². The molecule has 0 spiro atoms. The molecule has 2 aliphatic rings. The predicted octanol–water partition coefficient (Wildman–Crippen LogP) is 0.169. The van der Waals surface area contributed by atoms with Crippen LogP contribution in [0.2, 0.25) is 0 Å². The Hall–Kier alpha value is -0.160. The average molecular weight is 201 g/mol. The molecule has 2 fully saturated rings. The third kappa shape index (κ3) is 2.67. The van der Waals surface area contributed by atoms with Crippen molar-refractivity contribution in [3.05, 3.63) is 0 Å². The van der Waals surface area contributed by atoms with E-state index < -0.39 is 0 Å². The van der Waals surface area contributed by atoms with Crippen molar-refractivity contribution < 1.29 is 14.2 Å². The normalized spacial score (nSPS) is 37.9. The minimum atomic E-state index is 0.241. The molecule has 1 saturated heterocycles. The second kappa shape index (κ2) is 5.07. The summed E-state index contributed by atoms with van der Waals surface area (Å²) in [6.07, 6.45) is 2.97. The van der Waals surface area contributed by atoms with Crippen LogP contribution in [-0.2, 0) is 14.2 Å². The average Bonchev–Trinajstić information content (AvgIpc) is 2.17. The van der Waals surface area contributed by atoms with Gasteiger partial charge in [0.05, 0.1) is 32.0 Å². The molecule has 1 atom stereocenters. The molecule has 1 aliphatic carbocycles. The second-order valence-corrected chi connectivity index (χ2v) is 4.00. The first-order chi connectivity index (χ1) is 6.88. The highest BCUT2D eigenvalue weighted by atomic mass is 16.6. The Kier molecular flexibility index (Phi) is 3.75. The van der Waals surface area contributed by atoms with Gasteiger partial charge in [0, 0.05) is 19.7 Å². The van der Waals surface area contributed by atoms with Gasteiger partial charge in [-0.1, -0.05) is 0 Å². The minimum Gasteiger partial charge on any atom is -0.381 e. The van der Waals surface area contributed by atoms with E-state index in [-0.39, 0.29) is 6.10 Å². The molecular weight excluding hydrogens is 182 g/mol. The molecule has 1 N–H and O–H groups in total. The Morgan fingerprint density at radius 2 is 2.21 bits per heavy atom. The van der Waals surface area contributed by atoms with Crippen LogP contribution < -0.4 is 5.32 Å². The number of ether oxygens (including phenoxy) is 3. The molecule has 14 heavy (non-hydrogen) atoms. The topological polar surface area (TPSA) is 39.7 Å². The fourth-order valence-corrected chi connectivity index (χ4v) is 1.88. The van der Waals surface area contributed by atoms with Gasteiger partial charge in [0.25, 0.3) is 0 Å². The molecule has 0 aromatic heterocycles. The van der Waals surface area contributed by atoms with E-state index in [1.54, 1.807) is 7.11 Å².